The quantitative estimate of drug-likeness (QED) is 0.833. The lowest BCUT2D eigenvalue weighted by atomic mass is 9.93. The Bertz CT molecular complexity index is 738. The van der Waals surface area contributed by atoms with Crippen LogP contribution in [0, 0.1) is 0 Å². The number of amides is 2. The lowest BCUT2D eigenvalue weighted by Crippen LogP contribution is -2.52. The van der Waals surface area contributed by atoms with E-state index in [-0.39, 0.29) is 12.1 Å². The minimum Gasteiger partial charge on any atom is -0.469 e. The maximum absolute atomic E-state index is 12.6. The summed E-state index contributed by atoms with van der Waals surface area (Å²) in [4.78, 5) is 21.2. The van der Waals surface area contributed by atoms with Crippen LogP contribution in [0.15, 0.2) is 39.5 Å². The number of anilines is 1. The van der Waals surface area contributed by atoms with E-state index in [0.29, 0.717) is 13.1 Å². The molecule has 0 saturated carbocycles. The predicted octanol–water partition coefficient (Wildman–Crippen LogP) is 3.35. The Morgan fingerprint density at radius 1 is 1.24 bits per heavy atom. The van der Waals surface area contributed by atoms with Crippen molar-refractivity contribution in [3.8, 4) is 0 Å². The van der Waals surface area contributed by atoms with E-state index in [1.807, 2.05) is 23.1 Å². The van der Waals surface area contributed by atoms with Crippen LogP contribution in [0.5, 0.6) is 0 Å². The number of furan rings is 1. The van der Waals surface area contributed by atoms with Gasteiger partial charge in [-0.05, 0) is 47.0 Å². The fourth-order valence-corrected chi connectivity index (χ4v) is 3.80. The van der Waals surface area contributed by atoms with Crippen molar-refractivity contribution in [3.05, 3.63) is 46.5 Å². The average molecular weight is 405 g/mol. The van der Waals surface area contributed by atoms with Crippen molar-refractivity contribution in [3.63, 3.8) is 0 Å². The van der Waals surface area contributed by atoms with E-state index in [9.17, 15) is 4.79 Å². The zero-order valence-electron chi connectivity index (χ0n) is 13.9. The van der Waals surface area contributed by atoms with Gasteiger partial charge < -0.3 is 19.5 Å². The van der Waals surface area contributed by atoms with E-state index < -0.39 is 0 Å². The molecule has 0 aromatic carbocycles. The number of nitrogens with one attached hydrogen (secondary N) is 1. The van der Waals surface area contributed by atoms with Crippen LogP contribution in [0.2, 0.25) is 0 Å². The Kier molecular flexibility index (Phi) is 4.65. The van der Waals surface area contributed by atoms with Crippen molar-refractivity contribution >= 4 is 27.8 Å². The molecule has 1 unspecified atom stereocenters. The molecule has 1 fully saturated rings. The molecule has 2 amide bonds. The van der Waals surface area contributed by atoms with Gasteiger partial charge in [0.1, 0.15) is 11.6 Å². The van der Waals surface area contributed by atoms with Gasteiger partial charge in [-0.1, -0.05) is 0 Å². The van der Waals surface area contributed by atoms with Crippen LogP contribution in [-0.4, -0.2) is 42.1 Å². The predicted molar refractivity (Wildman–Crippen MR) is 98.6 cm³/mol. The number of hydrogen-bond acceptors (Lipinski definition) is 4. The van der Waals surface area contributed by atoms with E-state index >= 15 is 0 Å². The summed E-state index contributed by atoms with van der Waals surface area (Å²) in [6, 6.07) is 6.06. The van der Waals surface area contributed by atoms with E-state index in [2.05, 4.69) is 31.1 Å². The Labute approximate surface area is 155 Å². The number of aromatic nitrogens is 1. The van der Waals surface area contributed by atoms with Crippen LogP contribution in [0.3, 0.4) is 0 Å². The van der Waals surface area contributed by atoms with Crippen LogP contribution in [0.1, 0.15) is 30.2 Å². The van der Waals surface area contributed by atoms with E-state index in [0.717, 1.165) is 54.0 Å². The van der Waals surface area contributed by atoms with Crippen molar-refractivity contribution in [2.75, 3.05) is 31.1 Å². The van der Waals surface area contributed by atoms with Gasteiger partial charge in [0.15, 0.2) is 0 Å². The molecular weight excluding hydrogens is 384 g/mol. The number of carbonyl (C=O) groups excluding carboxylic acids is 1. The molecule has 2 aromatic heterocycles. The standard InChI is InChI=1S/C18H21BrN4O2/c19-13-4-5-17(20-12-13)22-7-9-23(10-8-22)18(24)21-15-2-1-3-16-14(15)6-11-25-16/h4-6,11-12,15H,1-3,7-10H2,(H,21,24). The first-order valence-corrected chi connectivity index (χ1v) is 9.48. The van der Waals surface area contributed by atoms with Crippen LogP contribution in [0.4, 0.5) is 10.6 Å². The molecule has 3 heterocycles. The first kappa shape index (κ1) is 16.4. The van der Waals surface area contributed by atoms with Crippen molar-refractivity contribution in [1.82, 2.24) is 15.2 Å². The lowest BCUT2D eigenvalue weighted by molar-refractivity contribution is 0.188. The minimum absolute atomic E-state index is 0.0162. The van der Waals surface area contributed by atoms with Crippen LogP contribution < -0.4 is 10.2 Å². The van der Waals surface area contributed by atoms with E-state index in [1.165, 1.54) is 0 Å². The Morgan fingerprint density at radius 3 is 2.84 bits per heavy atom. The van der Waals surface area contributed by atoms with Gasteiger partial charge >= 0.3 is 6.03 Å². The summed E-state index contributed by atoms with van der Waals surface area (Å²) in [7, 11) is 0. The molecule has 1 aliphatic carbocycles. The summed E-state index contributed by atoms with van der Waals surface area (Å²) < 4.78 is 6.48. The molecule has 132 valence electrons. The van der Waals surface area contributed by atoms with Crippen molar-refractivity contribution in [2.45, 2.75) is 25.3 Å². The number of pyridine rings is 1. The zero-order valence-corrected chi connectivity index (χ0v) is 15.5. The van der Waals surface area contributed by atoms with Crippen LogP contribution in [-0.2, 0) is 6.42 Å². The molecule has 1 aliphatic heterocycles. The maximum Gasteiger partial charge on any atom is 0.318 e. The normalized spacial score (nSPS) is 20.3. The molecule has 4 rings (SSSR count). The average Bonchev–Trinajstić information content (AvgIpc) is 3.12. The summed E-state index contributed by atoms with van der Waals surface area (Å²) in [5, 5.41) is 3.18. The molecule has 2 aromatic rings. The van der Waals surface area contributed by atoms with Crippen LogP contribution >= 0.6 is 15.9 Å². The van der Waals surface area contributed by atoms with Gasteiger partial charge in [-0.25, -0.2) is 9.78 Å². The maximum atomic E-state index is 12.6. The fourth-order valence-electron chi connectivity index (χ4n) is 3.57. The number of aryl methyl sites for hydroxylation is 1. The van der Waals surface area contributed by atoms with Gasteiger partial charge in [-0.2, -0.15) is 0 Å². The largest absolute Gasteiger partial charge is 0.469 e. The summed E-state index contributed by atoms with van der Waals surface area (Å²) in [6.07, 6.45) is 6.52. The van der Waals surface area contributed by atoms with E-state index in [1.54, 1.807) is 12.5 Å². The highest BCUT2D eigenvalue weighted by Gasteiger charge is 2.27. The van der Waals surface area contributed by atoms with Gasteiger partial charge in [-0.3, -0.25) is 0 Å². The van der Waals surface area contributed by atoms with Crippen molar-refractivity contribution < 1.29 is 9.21 Å². The monoisotopic (exact) mass is 404 g/mol. The molecule has 1 N–H and O–H groups in total. The highest BCUT2D eigenvalue weighted by atomic mass is 79.9. The third-order valence-electron chi connectivity index (χ3n) is 4.95. The van der Waals surface area contributed by atoms with Crippen LogP contribution in [0.25, 0.3) is 0 Å². The first-order chi connectivity index (χ1) is 12.2. The Balaban J connectivity index is 1.34. The molecule has 6 nitrogen and oxygen atoms in total. The number of halogens is 1. The number of carbonyl (C=O) groups is 1. The molecule has 7 heteroatoms. The second kappa shape index (κ2) is 7.07. The number of rotatable bonds is 2. The molecule has 2 aliphatic rings. The molecule has 1 atom stereocenters. The third kappa shape index (κ3) is 3.51. The third-order valence-corrected chi connectivity index (χ3v) is 5.42. The first-order valence-electron chi connectivity index (χ1n) is 8.69. The number of nitrogens with zero attached hydrogens (tertiary/aromatic N) is 3. The van der Waals surface area contributed by atoms with Gasteiger partial charge in [0, 0.05) is 48.8 Å². The van der Waals surface area contributed by atoms with Crippen molar-refractivity contribution in [2.24, 2.45) is 0 Å². The Hall–Kier alpha value is -2.02. The molecule has 0 spiro atoms. The van der Waals surface area contributed by atoms with E-state index in [4.69, 9.17) is 4.42 Å². The minimum atomic E-state index is 0.0162. The Morgan fingerprint density at radius 2 is 2.08 bits per heavy atom. The second-order valence-electron chi connectivity index (χ2n) is 6.50. The highest BCUT2D eigenvalue weighted by molar-refractivity contribution is 9.10. The summed E-state index contributed by atoms with van der Waals surface area (Å²) >= 11 is 3.40. The number of hydrogen-bond donors (Lipinski definition) is 1. The van der Waals surface area contributed by atoms with Gasteiger partial charge in [0.25, 0.3) is 0 Å². The van der Waals surface area contributed by atoms with Gasteiger partial charge in [0.2, 0.25) is 0 Å². The molecular formula is C18H21BrN4O2. The second-order valence-corrected chi connectivity index (χ2v) is 7.42. The highest BCUT2D eigenvalue weighted by Crippen LogP contribution is 2.30. The SMILES string of the molecule is O=C(NC1CCCc2occc21)N1CCN(c2ccc(Br)cn2)CC1. The zero-order chi connectivity index (χ0) is 17.2. The number of urea groups is 1. The molecule has 0 bridgehead atoms. The number of piperazine rings is 1. The molecule has 0 radical (unpaired) electrons. The molecule has 1 saturated heterocycles. The molecule has 25 heavy (non-hydrogen) atoms. The van der Waals surface area contributed by atoms with Gasteiger partial charge in [-0.15, -0.1) is 0 Å². The fraction of sp³-hybridized carbons (Fsp3) is 0.444. The lowest BCUT2D eigenvalue weighted by Gasteiger charge is -2.36. The van der Waals surface area contributed by atoms with Crippen molar-refractivity contribution in [1.29, 1.82) is 0 Å². The summed E-state index contributed by atoms with van der Waals surface area (Å²) in [5.74, 6) is 1.97. The van der Waals surface area contributed by atoms with Gasteiger partial charge in [0.05, 0.1) is 12.3 Å². The summed E-state index contributed by atoms with van der Waals surface area (Å²) in [5.41, 5.74) is 1.14. The number of fused-ring (bicyclic) bond motifs is 1. The topological polar surface area (TPSA) is 61.6 Å². The summed E-state index contributed by atoms with van der Waals surface area (Å²) in [6.45, 7) is 3.00. The smallest absolute Gasteiger partial charge is 0.318 e.